The normalized spacial score (nSPS) is 11.0. The Morgan fingerprint density at radius 3 is 1.91 bits per heavy atom. The fourth-order valence-corrected chi connectivity index (χ4v) is 2.63. The standard InChI is InChI=1S/C20H27NO/c1-5-21(6-2)14-18-10-12-19(13-11-18)15-22-20-16(3)8-7-9-17(20)4/h7-13H,5-6,14-15H2,1-4H3. The minimum absolute atomic E-state index is 0.622. The smallest absolute Gasteiger partial charge is 0.125 e. The highest BCUT2D eigenvalue weighted by molar-refractivity contribution is 5.39. The second-order valence-corrected chi connectivity index (χ2v) is 5.79. The average molecular weight is 297 g/mol. The first-order valence-corrected chi connectivity index (χ1v) is 8.13. The molecule has 0 aromatic heterocycles. The molecule has 0 saturated carbocycles. The topological polar surface area (TPSA) is 12.5 Å². The Balaban J connectivity index is 1.97. The van der Waals surface area contributed by atoms with Crippen LogP contribution >= 0.6 is 0 Å². The highest BCUT2D eigenvalue weighted by Crippen LogP contribution is 2.23. The monoisotopic (exact) mass is 297 g/mol. The van der Waals surface area contributed by atoms with E-state index < -0.39 is 0 Å². The van der Waals surface area contributed by atoms with Gasteiger partial charge in [0.25, 0.3) is 0 Å². The van der Waals surface area contributed by atoms with Crippen LogP contribution in [0.3, 0.4) is 0 Å². The number of hydrogen-bond donors (Lipinski definition) is 0. The zero-order valence-electron chi connectivity index (χ0n) is 14.2. The van der Waals surface area contributed by atoms with Crippen LogP contribution in [0, 0.1) is 13.8 Å². The highest BCUT2D eigenvalue weighted by atomic mass is 16.5. The number of ether oxygens (including phenoxy) is 1. The van der Waals surface area contributed by atoms with Crippen LogP contribution < -0.4 is 4.74 Å². The summed E-state index contributed by atoms with van der Waals surface area (Å²) in [4.78, 5) is 2.42. The molecule has 0 radical (unpaired) electrons. The van der Waals surface area contributed by atoms with Gasteiger partial charge in [-0.25, -0.2) is 0 Å². The van der Waals surface area contributed by atoms with E-state index in [1.807, 2.05) is 0 Å². The van der Waals surface area contributed by atoms with E-state index in [0.717, 1.165) is 25.4 Å². The molecule has 0 aliphatic heterocycles. The zero-order chi connectivity index (χ0) is 15.9. The molecule has 0 aliphatic carbocycles. The van der Waals surface area contributed by atoms with Crippen molar-refractivity contribution in [3.8, 4) is 5.75 Å². The Morgan fingerprint density at radius 1 is 0.818 bits per heavy atom. The summed E-state index contributed by atoms with van der Waals surface area (Å²) in [6.45, 7) is 12.4. The van der Waals surface area contributed by atoms with Gasteiger partial charge in [-0.15, -0.1) is 0 Å². The molecule has 2 heteroatoms. The van der Waals surface area contributed by atoms with Crippen LogP contribution in [0.25, 0.3) is 0 Å². The molecular formula is C20H27NO. The average Bonchev–Trinajstić information content (AvgIpc) is 2.53. The van der Waals surface area contributed by atoms with E-state index in [9.17, 15) is 0 Å². The predicted molar refractivity (Wildman–Crippen MR) is 93.3 cm³/mol. The van der Waals surface area contributed by atoms with Gasteiger partial charge in [-0.1, -0.05) is 56.3 Å². The van der Waals surface area contributed by atoms with Gasteiger partial charge in [-0.2, -0.15) is 0 Å². The van der Waals surface area contributed by atoms with Crippen molar-refractivity contribution in [2.24, 2.45) is 0 Å². The number of aryl methyl sites for hydroxylation is 2. The lowest BCUT2D eigenvalue weighted by atomic mass is 10.1. The van der Waals surface area contributed by atoms with Gasteiger partial charge in [0.15, 0.2) is 0 Å². The maximum atomic E-state index is 6.01. The van der Waals surface area contributed by atoms with Gasteiger partial charge >= 0.3 is 0 Å². The maximum absolute atomic E-state index is 6.01. The Morgan fingerprint density at radius 2 is 1.36 bits per heavy atom. The summed E-state index contributed by atoms with van der Waals surface area (Å²) >= 11 is 0. The number of hydrogen-bond acceptors (Lipinski definition) is 2. The van der Waals surface area contributed by atoms with Crippen LogP contribution in [0.1, 0.15) is 36.1 Å². The predicted octanol–water partition coefficient (Wildman–Crippen LogP) is 4.72. The lowest BCUT2D eigenvalue weighted by Crippen LogP contribution is -2.22. The molecule has 0 N–H and O–H groups in total. The van der Waals surface area contributed by atoms with Crippen molar-refractivity contribution in [2.75, 3.05) is 13.1 Å². The van der Waals surface area contributed by atoms with Crippen LogP contribution in [0.5, 0.6) is 5.75 Å². The molecule has 0 amide bonds. The first-order valence-electron chi connectivity index (χ1n) is 8.13. The molecule has 0 bridgehead atoms. The summed E-state index contributed by atoms with van der Waals surface area (Å²) in [5.41, 5.74) is 4.96. The highest BCUT2D eigenvalue weighted by Gasteiger charge is 2.04. The molecule has 0 fully saturated rings. The zero-order valence-corrected chi connectivity index (χ0v) is 14.2. The third-order valence-electron chi connectivity index (χ3n) is 4.12. The second kappa shape index (κ2) is 8.00. The molecule has 0 aliphatic rings. The second-order valence-electron chi connectivity index (χ2n) is 5.79. The molecule has 0 spiro atoms. The Labute approximate surface area is 134 Å². The van der Waals surface area contributed by atoms with Crippen LogP contribution in [-0.4, -0.2) is 18.0 Å². The molecule has 2 rings (SSSR count). The summed E-state index contributed by atoms with van der Waals surface area (Å²) in [5, 5.41) is 0. The van der Waals surface area contributed by atoms with Crippen molar-refractivity contribution in [2.45, 2.75) is 40.8 Å². The number of benzene rings is 2. The summed E-state index contributed by atoms with van der Waals surface area (Å²) in [5.74, 6) is 1.01. The van der Waals surface area contributed by atoms with Crippen molar-refractivity contribution >= 4 is 0 Å². The molecule has 0 saturated heterocycles. The number of rotatable bonds is 7. The first-order chi connectivity index (χ1) is 10.6. The lowest BCUT2D eigenvalue weighted by Gasteiger charge is -2.18. The molecular weight excluding hydrogens is 270 g/mol. The van der Waals surface area contributed by atoms with Gasteiger partial charge < -0.3 is 4.74 Å². The molecule has 0 unspecified atom stereocenters. The van der Waals surface area contributed by atoms with E-state index in [2.05, 4.69) is 75.1 Å². The van der Waals surface area contributed by atoms with Gasteiger partial charge in [0, 0.05) is 6.54 Å². The van der Waals surface area contributed by atoms with Crippen LogP contribution in [0.15, 0.2) is 42.5 Å². The van der Waals surface area contributed by atoms with Gasteiger partial charge in [0.1, 0.15) is 12.4 Å². The largest absolute Gasteiger partial charge is 0.488 e. The summed E-state index contributed by atoms with van der Waals surface area (Å²) in [7, 11) is 0. The molecule has 0 heterocycles. The third-order valence-corrected chi connectivity index (χ3v) is 4.12. The Bertz CT molecular complexity index is 565. The van der Waals surface area contributed by atoms with Crippen molar-refractivity contribution < 1.29 is 4.74 Å². The van der Waals surface area contributed by atoms with Crippen LogP contribution in [0.2, 0.25) is 0 Å². The molecule has 2 aromatic rings. The number of nitrogens with zero attached hydrogens (tertiary/aromatic N) is 1. The van der Waals surface area contributed by atoms with Crippen LogP contribution in [-0.2, 0) is 13.2 Å². The van der Waals surface area contributed by atoms with Crippen molar-refractivity contribution in [3.05, 3.63) is 64.7 Å². The summed E-state index contributed by atoms with van der Waals surface area (Å²) < 4.78 is 6.01. The minimum Gasteiger partial charge on any atom is -0.488 e. The minimum atomic E-state index is 0.622. The van der Waals surface area contributed by atoms with Gasteiger partial charge in [0.2, 0.25) is 0 Å². The molecule has 0 atom stereocenters. The van der Waals surface area contributed by atoms with E-state index in [-0.39, 0.29) is 0 Å². The SMILES string of the molecule is CCN(CC)Cc1ccc(COc2c(C)cccc2C)cc1. The van der Waals surface area contributed by atoms with Crippen molar-refractivity contribution in [1.29, 1.82) is 0 Å². The van der Waals surface area contributed by atoms with Gasteiger partial charge in [0.05, 0.1) is 0 Å². The lowest BCUT2D eigenvalue weighted by molar-refractivity contribution is 0.294. The molecule has 118 valence electrons. The third kappa shape index (κ3) is 4.35. The van der Waals surface area contributed by atoms with Crippen molar-refractivity contribution in [3.63, 3.8) is 0 Å². The van der Waals surface area contributed by atoms with Gasteiger partial charge in [-0.05, 0) is 49.2 Å². The molecule has 2 nitrogen and oxygen atoms in total. The summed E-state index contributed by atoms with van der Waals surface area (Å²) in [6, 6.07) is 15.0. The van der Waals surface area contributed by atoms with Crippen LogP contribution in [0.4, 0.5) is 0 Å². The van der Waals surface area contributed by atoms with E-state index >= 15 is 0 Å². The molecule has 2 aromatic carbocycles. The molecule has 22 heavy (non-hydrogen) atoms. The van der Waals surface area contributed by atoms with E-state index in [1.165, 1.54) is 22.3 Å². The quantitative estimate of drug-likeness (QED) is 0.733. The Hall–Kier alpha value is -1.80. The fourth-order valence-electron chi connectivity index (χ4n) is 2.63. The van der Waals surface area contributed by atoms with E-state index in [0.29, 0.717) is 6.61 Å². The maximum Gasteiger partial charge on any atom is 0.125 e. The number of para-hydroxylation sites is 1. The first kappa shape index (κ1) is 16.6. The van der Waals surface area contributed by atoms with E-state index in [4.69, 9.17) is 4.74 Å². The Kier molecular flexibility index (Phi) is 6.02. The fraction of sp³-hybridized carbons (Fsp3) is 0.400. The summed E-state index contributed by atoms with van der Waals surface area (Å²) in [6.07, 6.45) is 0. The van der Waals surface area contributed by atoms with E-state index in [1.54, 1.807) is 0 Å². The van der Waals surface area contributed by atoms with Gasteiger partial charge in [-0.3, -0.25) is 4.90 Å². The van der Waals surface area contributed by atoms with Crippen molar-refractivity contribution in [1.82, 2.24) is 4.90 Å².